The van der Waals surface area contributed by atoms with Crippen molar-refractivity contribution in [1.29, 1.82) is 0 Å². The molecular formula is C11H19NO3. The average molecular weight is 213 g/mol. The number of aldehydes is 1. The van der Waals surface area contributed by atoms with E-state index in [9.17, 15) is 9.59 Å². The van der Waals surface area contributed by atoms with Crippen molar-refractivity contribution in [3.8, 4) is 0 Å². The summed E-state index contributed by atoms with van der Waals surface area (Å²) >= 11 is 0. The van der Waals surface area contributed by atoms with Crippen molar-refractivity contribution in [3.63, 3.8) is 0 Å². The molecule has 4 heteroatoms. The zero-order valence-corrected chi connectivity index (χ0v) is 9.44. The Labute approximate surface area is 90.6 Å². The molecule has 1 atom stereocenters. The van der Waals surface area contributed by atoms with Gasteiger partial charge in [-0.3, -0.25) is 4.79 Å². The van der Waals surface area contributed by atoms with Gasteiger partial charge in [0.05, 0.1) is 13.0 Å². The van der Waals surface area contributed by atoms with Gasteiger partial charge in [-0.25, -0.2) is 0 Å². The van der Waals surface area contributed by atoms with Crippen LogP contribution in [0.4, 0.5) is 0 Å². The van der Waals surface area contributed by atoms with Crippen molar-refractivity contribution in [2.45, 2.75) is 31.7 Å². The van der Waals surface area contributed by atoms with E-state index < -0.39 is 0 Å². The van der Waals surface area contributed by atoms with E-state index in [2.05, 4.69) is 9.64 Å². The molecular weight excluding hydrogens is 194 g/mol. The molecule has 86 valence electrons. The molecule has 15 heavy (non-hydrogen) atoms. The second-order valence-electron chi connectivity index (χ2n) is 4.15. The maximum Gasteiger partial charge on any atom is 0.310 e. The Hall–Kier alpha value is -0.900. The lowest BCUT2D eigenvalue weighted by Gasteiger charge is -2.36. The highest BCUT2D eigenvalue weighted by Gasteiger charge is 2.27. The summed E-state index contributed by atoms with van der Waals surface area (Å²) in [5.41, 5.74) is 0. The summed E-state index contributed by atoms with van der Waals surface area (Å²) in [6.45, 7) is 0.621. The predicted octanol–water partition coefficient (Wildman–Crippen LogP) is 0.849. The Morgan fingerprint density at radius 3 is 2.67 bits per heavy atom. The van der Waals surface area contributed by atoms with E-state index >= 15 is 0 Å². The molecule has 4 nitrogen and oxygen atoms in total. The van der Waals surface area contributed by atoms with Crippen molar-refractivity contribution >= 4 is 12.3 Å². The first-order valence-electron chi connectivity index (χ1n) is 5.40. The summed E-state index contributed by atoms with van der Waals surface area (Å²) in [7, 11) is 3.37. The normalized spacial score (nSPS) is 18.3. The van der Waals surface area contributed by atoms with Crippen LogP contribution in [0.5, 0.6) is 0 Å². The molecule has 0 aromatic heterocycles. The summed E-state index contributed by atoms with van der Waals surface area (Å²) in [5.74, 6) is -0.591. The summed E-state index contributed by atoms with van der Waals surface area (Å²) in [6, 6.07) is 0.587. The minimum atomic E-state index is -0.307. The van der Waals surface area contributed by atoms with Gasteiger partial charge in [0.2, 0.25) is 0 Å². The lowest BCUT2D eigenvalue weighted by molar-refractivity contribution is -0.147. The third-order valence-electron chi connectivity index (χ3n) is 3.12. The zero-order valence-electron chi connectivity index (χ0n) is 9.44. The van der Waals surface area contributed by atoms with Crippen LogP contribution in [0.2, 0.25) is 0 Å². The fourth-order valence-electron chi connectivity index (χ4n) is 1.85. The molecule has 1 fully saturated rings. The molecule has 0 saturated heterocycles. The molecule has 1 aliphatic rings. The predicted molar refractivity (Wildman–Crippen MR) is 56.5 cm³/mol. The largest absolute Gasteiger partial charge is 0.469 e. The Morgan fingerprint density at radius 1 is 1.60 bits per heavy atom. The van der Waals surface area contributed by atoms with Crippen LogP contribution < -0.4 is 0 Å². The van der Waals surface area contributed by atoms with Crippen LogP contribution in [0.3, 0.4) is 0 Å². The van der Waals surface area contributed by atoms with Crippen LogP contribution in [0, 0.1) is 5.92 Å². The van der Waals surface area contributed by atoms with Crippen LogP contribution in [0.15, 0.2) is 0 Å². The van der Waals surface area contributed by atoms with Crippen molar-refractivity contribution in [2.75, 3.05) is 20.7 Å². The number of carbonyl (C=O) groups excluding carboxylic acids is 2. The van der Waals surface area contributed by atoms with E-state index in [1.807, 2.05) is 7.05 Å². The summed E-state index contributed by atoms with van der Waals surface area (Å²) in [5, 5.41) is 0. The van der Waals surface area contributed by atoms with E-state index in [0.29, 0.717) is 12.6 Å². The molecule has 0 amide bonds. The van der Waals surface area contributed by atoms with Gasteiger partial charge in [0, 0.05) is 19.0 Å². The average Bonchev–Trinajstić information content (AvgIpc) is 2.13. The topological polar surface area (TPSA) is 46.6 Å². The molecule has 0 bridgehead atoms. The number of carbonyl (C=O) groups is 2. The van der Waals surface area contributed by atoms with Gasteiger partial charge < -0.3 is 14.4 Å². The van der Waals surface area contributed by atoms with Gasteiger partial charge in [0.1, 0.15) is 6.29 Å². The van der Waals surface area contributed by atoms with E-state index in [0.717, 1.165) is 6.29 Å². The Kier molecular flexibility index (Phi) is 4.75. The first kappa shape index (κ1) is 12.2. The molecule has 0 aliphatic heterocycles. The monoisotopic (exact) mass is 213 g/mol. The van der Waals surface area contributed by atoms with Gasteiger partial charge in [-0.1, -0.05) is 6.42 Å². The molecule has 1 saturated carbocycles. The van der Waals surface area contributed by atoms with Gasteiger partial charge in [-0.2, -0.15) is 0 Å². The van der Waals surface area contributed by atoms with Crippen molar-refractivity contribution in [3.05, 3.63) is 0 Å². The van der Waals surface area contributed by atoms with E-state index in [1.165, 1.54) is 26.4 Å². The second-order valence-corrected chi connectivity index (χ2v) is 4.15. The number of ether oxygens (including phenoxy) is 1. The van der Waals surface area contributed by atoms with Gasteiger partial charge in [0.25, 0.3) is 0 Å². The smallest absolute Gasteiger partial charge is 0.310 e. The van der Waals surface area contributed by atoms with Gasteiger partial charge in [0.15, 0.2) is 0 Å². The van der Waals surface area contributed by atoms with Crippen LogP contribution >= 0.6 is 0 Å². The van der Waals surface area contributed by atoms with Crippen molar-refractivity contribution < 1.29 is 14.3 Å². The molecule has 0 N–H and O–H groups in total. The highest BCUT2D eigenvalue weighted by Crippen LogP contribution is 2.24. The van der Waals surface area contributed by atoms with Crippen LogP contribution in [-0.4, -0.2) is 43.9 Å². The molecule has 0 aromatic rings. The summed E-state index contributed by atoms with van der Waals surface area (Å²) in [4.78, 5) is 24.0. The summed E-state index contributed by atoms with van der Waals surface area (Å²) in [6.07, 6.45) is 4.71. The number of esters is 1. The molecule has 0 radical (unpaired) electrons. The number of hydrogen-bond acceptors (Lipinski definition) is 4. The standard InChI is InChI=1S/C11H19NO3/c1-12(10-4-3-5-10)8-9(6-7-13)11(14)15-2/h7,9-10H,3-6,8H2,1-2H3. The van der Waals surface area contributed by atoms with Crippen molar-refractivity contribution in [1.82, 2.24) is 4.90 Å². The Balaban J connectivity index is 2.41. The lowest BCUT2D eigenvalue weighted by Crippen LogP contribution is -2.41. The highest BCUT2D eigenvalue weighted by atomic mass is 16.5. The van der Waals surface area contributed by atoms with Crippen molar-refractivity contribution in [2.24, 2.45) is 5.92 Å². The maximum absolute atomic E-state index is 11.4. The molecule has 0 aromatic carbocycles. The van der Waals surface area contributed by atoms with E-state index in [-0.39, 0.29) is 18.3 Å². The summed E-state index contributed by atoms with van der Waals surface area (Å²) < 4.78 is 4.67. The van der Waals surface area contributed by atoms with Gasteiger partial charge in [-0.05, 0) is 19.9 Å². The highest BCUT2D eigenvalue weighted by molar-refractivity contribution is 5.75. The first-order chi connectivity index (χ1) is 7.19. The molecule has 1 aliphatic carbocycles. The van der Waals surface area contributed by atoms with Gasteiger partial charge >= 0.3 is 5.97 Å². The quantitative estimate of drug-likeness (QED) is 0.485. The minimum Gasteiger partial charge on any atom is -0.469 e. The SMILES string of the molecule is COC(=O)C(CC=O)CN(C)C1CCC1. The molecule has 0 spiro atoms. The number of nitrogens with zero attached hydrogens (tertiary/aromatic N) is 1. The molecule has 1 unspecified atom stereocenters. The Morgan fingerprint density at radius 2 is 2.27 bits per heavy atom. The molecule has 1 rings (SSSR count). The third kappa shape index (κ3) is 3.30. The van der Waals surface area contributed by atoms with Crippen LogP contribution in [0.1, 0.15) is 25.7 Å². The first-order valence-corrected chi connectivity index (χ1v) is 5.40. The van der Waals surface area contributed by atoms with E-state index in [4.69, 9.17) is 0 Å². The minimum absolute atomic E-state index is 0.254. The number of rotatable bonds is 6. The van der Waals surface area contributed by atoms with E-state index in [1.54, 1.807) is 0 Å². The Bertz CT molecular complexity index is 226. The second kappa shape index (κ2) is 5.85. The molecule has 0 heterocycles. The fraction of sp³-hybridized carbons (Fsp3) is 0.818. The van der Waals surface area contributed by atoms with Crippen LogP contribution in [-0.2, 0) is 14.3 Å². The lowest BCUT2D eigenvalue weighted by atomic mass is 9.91. The third-order valence-corrected chi connectivity index (χ3v) is 3.12. The maximum atomic E-state index is 11.4. The van der Waals surface area contributed by atoms with Crippen LogP contribution in [0.25, 0.3) is 0 Å². The van der Waals surface area contributed by atoms with Gasteiger partial charge in [-0.15, -0.1) is 0 Å². The number of methoxy groups -OCH3 is 1. The fourth-order valence-corrected chi connectivity index (χ4v) is 1.85. The number of hydrogen-bond donors (Lipinski definition) is 0. The zero-order chi connectivity index (χ0) is 11.3.